The van der Waals surface area contributed by atoms with Gasteiger partial charge in [0.25, 0.3) is 5.91 Å². The van der Waals surface area contributed by atoms with E-state index >= 15 is 0 Å². The summed E-state index contributed by atoms with van der Waals surface area (Å²) >= 11 is 0. The van der Waals surface area contributed by atoms with Gasteiger partial charge in [-0.3, -0.25) is 14.5 Å². The lowest BCUT2D eigenvalue weighted by molar-refractivity contribution is -0.142. The van der Waals surface area contributed by atoms with Crippen LogP contribution < -0.4 is 10.1 Å². The first-order valence-electron chi connectivity index (χ1n) is 15.9. The van der Waals surface area contributed by atoms with E-state index < -0.39 is 42.8 Å². The van der Waals surface area contributed by atoms with Gasteiger partial charge in [-0.2, -0.15) is 13.2 Å². The number of alkyl halides is 3. The van der Waals surface area contributed by atoms with Crippen LogP contribution in [0.3, 0.4) is 0 Å². The fourth-order valence-electron chi connectivity index (χ4n) is 5.38. The number of halogens is 3. The molecule has 0 spiro atoms. The van der Waals surface area contributed by atoms with Crippen LogP contribution in [0.2, 0.25) is 0 Å². The molecule has 0 aromatic heterocycles. The minimum absolute atomic E-state index is 0.120. The predicted molar refractivity (Wildman–Crippen MR) is 171 cm³/mol. The van der Waals surface area contributed by atoms with Gasteiger partial charge in [-0.05, 0) is 76.1 Å². The second-order valence-electron chi connectivity index (χ2n) is 12.4. The zero-order valence-corrected chi connectivity index (χ0v) is 27.4. The van der Waals surface area contributed by atoms with E-state index in [1.165, 1.54) is 23.1 Å². The highest BCUT2D eigenvalue weighted by Gasteiger charge is 2.31. The van der Waals surface area contributed by atoms with Gasteiger partial charge >= 0.3 is 12.1 Å². The molecule has 0 fully saturated rings. The number of nitrogens with zero attached hydrogens (tertiary/aromatic N) is 2. The van der Waals surface area contributed by atoms with Gasteiger partial charge < -0.3 is 29.9 Å². The molecular weight excluding hydrogens is 619 g/mol. The Hall–Kier alpha value is -3.68. The number of aromatic carboxylic acids is 1. The molecule has 0 bridgehead atoms. The number of carbonyl (C=O) groups excluding carboxylic acids is 2. The lowest BCUT2D eigenvalue weighted by Gasteiger charge is -2.36. The molecular formula is C34H46F3N3O7. The molecule has 3 rings (SSSR count). The second kappa shape index (κ2) is 17.5. The third-order valence-corrected chi connectivity index (χ3v) is 8.12. The van der Waals surface area contributed by atoms with Gasteiger partial charge in [-0.15, -0.1) is 0 Å². The smallest absolute Gasteiger partial charge is 0.389 e. The van der Waals surface area contributed by atoms with Crippen LogP contribution in [0.25, 0.3) is 0 Å². The number of amides is 2. The summed E-state index contributed by atoms with van der Waals surface area (Å²) in [6, 6.07) is 10.5. The number of ether oxygens (including phenoxy) is 2. The van der Waals surface area contributed by atoms with Gasteiger partial charge in [-0.25, -0.2) is 4.79 Å². The lowest BCUT2D eigenvalue weighted by atomic mass is 10.0. The average molecular weight is 666 g/mol. The number of carbonyl (C=O) groups is 3. The van der Waals surface area contributed by atoms with Crippen LogP contribution in [0.15, 0.2) is 42.5 Å². The molecule has 2 aromatic carbocycles. The number of benzene rings is 2. The molecule has 1 aliphatic heterocycles. The first kappa shape index (κ1) is 37.8. The Labute approximate surface area is 273 Å². The standard InChI is InChI=1S/C34H46F3N3O7/c1-22-18-40(23(2)21-41)32(43)28-17-27(38-31(42)14-15-34(35,36)37)12-13-29(28)47-24(3)7-5-6-16-46-30(22)20-39(4)19-25-8-10-26(11-9-25)33(44)45/h8-13,17,22-24,30,41H,5-7,14-16,18-21H2,1-4H3,(H,38,42)(H,44,45)/t22-,23+,24-,30+/m1/s1. The minimum atomic E-state index is -4.48. The molecule has 1 aliphatic rings. The van der Waals surface area contributed by atoms with Gasteiger partial charge in [0.2, 0.25) is 5.91 Å². The van der Waals surface area contributed by atoms with E-state index in [-0.39, 0.29) is 53.8 Å². The predicted octanol–water partition coefficient (Wildman–Crippen LogP) is 5.59. The molecule has 0 radical (unpaired) electrons. The monoisotopic (exact) mass is 665 g/mol. The van der Waals surface area contributed by atoms with Gasteiger partial charge in [0, 0.05) is 44.3 Å². The van der Waals surface area contributed by atoms with Gasteiger partial charge in [-0.1, -0.05) is 19.1 Å². The first-order valence-corrected chi connectivity index (χ1v) is 15.9. The van der Waals surface area contributed by atoms with Crippen molar-refractivity contribution in [2.45, 2.75) is 83.8 Å². The van der Waals surface area contributed by atoms with Gasteiger partial charge in [0.05, 0.1) is 42.4 Å². The first-order chi connectivity index (χ1) is 22.2. The van der Waals surface area contributed by atoms with Crippen molar-refractivity contribution in [3.8, 4) is 5.75 Å². The number of carboxylic acid groups (broad SMARTS) is 1. The largest absolute Gasteiger partial charge is 0.490 e. The quantitative estimate of drug-likeness (QED) is 0.300. The van der Waals surface area contributed by atoms with Crippen LogP contribution in [0.1, 0.15) is 79.2 Å². The highest BCUT2D eigenvalue weighted by Crippen LogP contribution is 2.29. The summed E-state index contributed by atoms with van der Waals surface area (Å²) < 4.78 is 50.5. The Balaban J connectivity index is 1.87. The van der Waals surface area contributed by atoms with Gasteiger partial charge in [0.15, 0.2) is 0 Å². The Bertz CT molecular complexity index is 1340. The highest BCUT2D eigenvalue weighted by molar-refractivity contribution is 5.99. The summed E-state index contributed by atoms with van der Waals surface area (Å²) in [6.07, 6.45) is -4.80. The van der Waals surface area contributed by atoms with Crippen LogP contribution >= 0.6 is 0 Å². The van der Waals surface area contributed by atoms with Crippen molar-refractivity contribution in [1.29, 1.82) is 0 Å². The van der Waals surface area contributed by atoms with Crippen LogP contribution in [-0.2, 0) is 16.1 Å². The van der Waals surface area contributed by atoms with Crippen molar-refractivity contribution in [2.24, 2.45) is 5.92 Å². The highest BCUT2D eigenvalue weighted by atomic mass is 19.4. The van der Waals surface area contributed by atoms with Crippen molar-refractivity contribution >= 4 is 23.5 Å². The second-order valence-corrected chi connectivity index (χ2v) is 12.4. The number of nitrogens with one attached hydrogen (secondary N) is 1. The topological polar surface area (TPSA) is 129 Å². The van der Waals surface area contributed by atoms with Gasteiger partial charge in [0.1, 0.15) is 5.75 Å². The SMILES string of the molecule is C[C@@H]1CCCCO[C@@H](CN(C)Cc2ccc(C(=O)O)cc2)[C@H](C)CN([C@@H](C)CO)C(=O)c2cc(NC(=O)CCC(F)(F)F)ccc2O1. The number of likely N-dealkylation sites (N-methyl/N-ethyl adjacent to an activating group) is 1. The molecule has 4 atom stereocenters. The van der Waals surface area contributed by atoms with E-state index in [1.807, 2.05) is 20.9 Å². The minimum Gasteiger partial charge on any atom is -0.490 e. The number of hydrogen-bond donors (Lipinski definition) is 3. The summed E-state index contributed by atoms with van der Waals surface area (Å²) in [5.41, 5.74) is 1.42. The summed E-state index contributed by atoms with van der Waals surface area (Å²) in [7, 11) is 1.94. The van der Waals surface area contributed by atoms with E-state index in [9.17, 15) is 37.8 Å². The Morgan fingerprint density at radius 3 is 2.47 bits per heavy atom. The zero-order valence-electron chi connectivity index (χ0n) is 27.4. The molecule has 13 heteroatoms. The molecule has 1 heterocycles. The number of rotatable bonds is 10. The molecule has 0 aliphatic carbocycles. The van der Waals surface area contributed by atoms with E-state index in [1.54, 1.807) is 31.2 Å². The van der Waals surface area contributed by atoms with Crippen LogP contribution in [0.5, 0.6) is 5.75 Å². The third-order valence-electron chi connectivity index (χ3n) is 8.12. The zero-order chi connectivity index (χ0) is 34.7. The van der Waals surface area contributed by atoms with E-state index in [2.05, 4.69) is 10.2 Å². The molecule has 3 N–H and O–H groups in total. The van der Waals surface area contributed by atoms with Crippen molar-refractivity contribution in [3.05, 3.63) is 59.2 Å². The van der Waals surface area contributed by atoms with E-state index in [4.69, 9.17) is 9.47 Å². The third kappa shape index (κ3) is 12.1. The van der Waals surface area contributed by atoms with Crippen molar-refractivity contribution in [1.82, 2.24) is 9.80 Å². The number of hydrogen-bond acceptors (Lipinski definition) is 7. The van der Waals surface area contributed by atoms with Crippen molar-refractivity contribution in [3.63, 3.8) is 0 Å². The number of aliphatic hydroxyl groups excluding tert-OH is 1. The average Bonchev–Trinajstić information content (AvgIpc) is 3.01. The fraction of sp³-hybridized carbons (Fsp3) is 0.559. The molecule has 2 amide bonds. The maximum absolute atomic E-state index is 14.2. The molecule has 0 saturated carbocycles. The maximum atomic E-state index is 14.2. The Morgan fingerprint density at radius 2 is 1.83 bits per heavy atom. The molecule has 47 heavy (non-hydrogen) atoms. The molecule has 10 nitrogen and oxygen atoms in total. The molecule has 0 saturated heterocycles. The number of fused-ring (bicyclic) bond motifs is 1. The normalized spacial score (nSPS) is 20.6. The maximum Gasteiger partial charge on any atom is 0.389 e. The summed E-state index contributed by atoms with van der Waals surface area (Å²) in [4.78, 5) is 41.3. The van der Waals surface area contributed by atoms with E-state index in [0.717, 1.165) is 18.4 Å². The fourth-order valence-corrected chi connectivity index (χ4v) is 5.38. The molecule has 2 aromatic rings. The van der Waals surface area contributed by atoms with Crippen LogP contribution in [0.4, 0.5) is 18.9 Å². The summed E-state index contributed by atoms with van der Waals surface area (Å²) in [5, 5.41) is 21.8. The van der Waals surface area contributed by atoms with E-state index in [0.29, 0.717) is 26.1 Å². The van der Waals surface area contributed by atoms with Crippen LogP contribution in [0, 0.1) is 5.92 Å². The Morgan fingerprint density at radius 1 is 1.13 bits per heavy atom. The van der Waals surface area contributed by atoms with Crippen molar-refractivity contribution < 1.29 is 47.2 Å². The number of anilines is 1. The van der Waals surface area contributed by atoms with Crippen LogP contribution in [-0.4, -0.2) is 95.6 Å². The number of aliphatic hydroxyl groups is 1. The summed E-state index contributed by atoms with van der Waals surface area (Å²) in [5.74, 6) is -2.21. The molecule has 0 unspecified atom stereocenters. The molecule has 260 valence electrons. The lowest BCUT2D eigenvalue weighted by Crippen LogP contribution is -2.47. The number of carboxylic acids is 1. The summed E-state index contributed by atoms with van der Waals surface area (Å²) in [6.45, 7) is 7.00. The Kier molecular flexibility index (Phi) is 14.0. The van der Waals surface area contributed by atoms with Crippen molar-refractivity contribution in [2.75, 3.05) is 38.7 Å².